The Kier molecular flexibility index (Phi) is 3.88. The fourth-order valence-electron chi connectivity index (χ4n) is 3.50. The number of nitrogens with zero attached hydrogens (tertiary/aromatic N) is 2. The molecule has 0 aliphatic carbocycles. The number of aromatic amines is 1. The van der Waals surface area contributed by atoms with Gasteiger partial charge in [0.2, 0.25) is 0 Å². The number of carbonyl (C=O) groups is 1. The summed E-state index contributed by atoms with van der Waals surface area (Å²) in [6, 6.07) is 15.3. The number of carbonyl (C=O) groups excluding carboxylic acids is 1. The molecule has 26 heavy (non-hydrogen) atoms. The van der Waals surface area contributed by atoms with Crippen molar-refractivity contribution in [3.63, 3.8) is 0 Å². The van der Waals surface area contributed by atoms with Crippen LogP contribution < -0.4 is 9.47 Å². The van der Waals surface area contributed by atoms with Gasteiger partial charge in [0.05, 0.1) is 26.0 Å². The maximum Gasteiger partial charge on any atom is 0.272 e. The van der Waals surface area contributed by atoms with Crippen molar-refractivity contribution in [1.82, 2.24) is 15.1 Å². The first kappa shape index (κ1) is 16.2. The second kappa shape index (κ2) is 6.22. The van der Waals surface area contributed by atoms with Crippen LogP contribution in [0.5, 0.6) is 11.5 Å². The number of rotatable bonds is 4. The lowest BCUT2D eigenvalue weighted by Gasteiger charge is -2.23. The minimum Gasteiger partial charge on any atom is -0.493 e. The molecule has 132 valence electrons. The normalized spacial score (nSPS) is 15.9. The van der Waals surface area contributed by atoms with E-state index in [0.29, 0.717) is 17.2 Å². The Morgan fingerprint density at radius 3 is 2.46 bits per heavy atom. The summed E-state index contributed by atoms with van der Waals surface area (Å²) in [5.74, 6) is 1.21. The molecule has 6 heteroatoms. The van der Waals surface area contributed by atoms with Crippen molar-refractivity contribution < 1.29 is 14.3 Å². The molecule has 1 N–H and O–H groups in total. The number of fused-ring (bicyclic) bond motifs is 1. The highest BCUT2D eigenvalue weighted by Gasteiger charge is 2.40. The largest absolute Gasteiger partial charge is 0.493 e. The highest BCUT2D eigenvalue weighted by molar-refractivity contribution is 6.00. The third-order valence-electron chi connectivity index (χ3n) is 4.77. The van der Waals surface area contributed by atoms with Crippen LogP contribution in [0.4, 0.5) is 0 Å². The van der Waals surface area contributed by atoms with Gasteiger partial charge in [0.25, 0.3) is 5.91 Å². The van der Waals surface area contributed by atoms with Crippen LogP contribution in [0.1, 0.15) is 27.7 Å². The van der Waals surface area contributed by atoms with Gasteiger partial charge in [-0.1, -0.05) is 36.4 Å². The summed E-state index contributed by atoms with van der Waals surface area (Å²) in [5, 5.41) is 7.34. The molecule has 0 saturated heterocycles. The van der Waals surface area contributed by atoms with Crippen LogP contribution in [0.2, 0.25) is 0 Å². The lowest BCUT2D eigenvalue weighted by molar-refractivity contribution is 0.0787. The summed E-state index contributed by atoms with van der Waals surface area (Å²) in [4.78, 5) is 14.4. The summed E-state index contributed by atoms with van der Waals surface area (Å²) >= 11 is 0. The summed E-state index contributed by atoms with van der Waals surface area (Å²) in [6.45, 7) is 0. The van der Waals surface area contributed by atoms with Crippen LogP contribution in [0.3, 0.4) is 0 Å². The van der Waals surface area contributed by atoms with E-state index in [2.05, 4.69) is 10.2 Å². The molecule has 1 amide bonds. The topological polar surface area (TPSA) is 67.5 Å². The van der Waals surface area contributed by atoms with Gasteiger partial charge in [-0.3, -0.25) is 9.89 Å². The van der Waals surface area contributed by atoms with E-state index in [4.69, 9.17) is 9.47 Å². The van der Waals surface area contributed by atoms with Crippen LogP contribution in [-0.4, -0.2) is 42.3 Å². The van der Waals surface area contributed by atoms with Gasteiger partial charge in [0.15, 0.2) is 11.5 Å². The maximum atomic E-state index is 12.7. The average Bonchev–Trinajstić information content (AvgIpc) is 3.21. The van der Waals surface area contributed by atoms with Gasteiger partial charge in [0.1, 0.15) is 5.69 Å². The molecule has 1 aromatic heterocycles. The number of aromatic nitrogens is 2. The molecule has 0 unspecified atom stereocenters. The molecule has 4 rings (SSSR count). The molecule has 1 atom stereocenters. The third-order valence-corrected chi connectivity index (χ3v) is 4.77. The fourth-order valence-corrected chi connectivity index (χ4v) is 3.50. The number of methoxy groups -OCH3 is 2. The van der Waals surface area contributed by atoms with E-state index in [1.165, 1.54) is 0 Å². The molecule has 0 fully saturated rings. The van der Waals surface area contributed by atoms with Crippen LogP contribution >= 0.6 is 0 Å². The Morgan fingerprint density at radius 2 is 1.77 bits per heavy atom. The van der Waals surface area contributed by atoms with E-state index < -0.39 is 0 Å². The number of hydrogen-bond acceptors (Lipinski definition) is 4. The standard InChI is InChI=1S/C20H19N3O3/c1-23-19(13-9-10-14(25-2)15(11-13)26-3)16-17(12-7-5-4-6-8-12)21-22-18(16)20(23)24/h4-11,19H,1-3H3,(H,21,22)/t19-/m0/s1. The fraction of sp³-hybridized carbons (Fsp3) is 0.200. The highest BCUT2D eigenvalue weighted by Crippen LogP contribution is 2.43. The predicted molar refractivity (Wildman–Crippen MR) is 97.5 cm³/mol. The van der Waals surface area contributed by atoms with E-state index >= 15 is 0 Å². The van der Waals surface area contributed by atoms with Gasteiger partial charge in [-0.15, -0.1) is 0 Å². The molecular formula is C20H19N3O3. The number of amides is 1. The summed E-state index contributed by atoms with van der Waals surface area (Å²) in [7, 11) is 5.00. The van der Waals surface area contributed by atoms with Crippen molar-refractivity contribution in [2.75, 3.05) is 21.3 Å². The van der Waals surface area contributed by atoms with E-state index in [1.807, 2.05) is 48.5 Å². The summed E-state index contributed by atoms with van der Waals surface area (Å²) in [6.07, 6.45) is 0. The summed E-state index contributed by atoms with van der Waals surface area (Å²) in [5.41, 5.74) is 4.12. The first-order valence-corrected chi connectivity index (χ1v) is 8.28. The molecule has 6 nitrogen and oxygen atoms in total. The second-order valence-electron chi connectivity index (χ2n) is 6.16. The van der Waals surface area contributed by atoms with E-state index in [0.717, 1.165) is 22.4 Å². The first-order chi connectivity index (χ1) is 12.7. The van der Waals surface area contributed by atoms with Crippen LogP contribution in [0.15, 0.2) is 48.5 Å². The maximum absolute atomic E-state index is 12.7. The first-order valence-electron chi connectivity index (χ1n) is 8.28. The molecule has 0 radical (unpaired) electrons. The Bertz CT molecular complexity index is 966. The van der Waals surface area contributed by atoms with Gasteiger partial charge in [-0.25, -0.2) is 0 Å². The number of hydrogen-bond donors (Lipinski definition) is 1. The minimum absolute atomic E-state index is 0.0746. The SMILES string of the molecule is COc1ccc([C@H]2c3c(-c4ccccc4)n[nH]c3C(=O)N2C)cc1OC. The number of nitrogens with one attached hydrogen (secondary N) is 1. The molecule has 0 saturated carbocycles. The molecule has 0 bridgehead atoms. The zero-order chi connectivity index (χ0) is 18.3. The minimum atomic E-state index is -0.244. The Morgan fingerprint density at radius 1 is 1.04 bits per heavy atom. The molecule has 3 aromatic rings. The van der Waals surface area contributed by atoms with Crippen molar-refractivity contribution in [2.24, 2.45) is 0 Å². The molecule has 2 aromatic carbocycles. The zero-order valence-electron chi connectivity index (χ0n) is 14.8. The lowest BCUT2D eigenvalue weighted by atomic mass is 9.96. The second-order valence-corrected chi connectivity index (χ2v) is 6.16. The number of benzene rings is 2. The van der Waals surface area contributed by atoms with Crippen molar-refractivity contribution >= 4 is 5.91 Å². The predicted octanol–water partition coefficient (Wildman–Crippen LogP) is 3.27. The highest BCUT2D eigenvalue weighted by atomic mass is 16.5. The number of ether oxygens (including phenoxy) is 2. The molecular weight excluding hydrogens is 330 g/mol. The van der Waals surface area contributed by atoms with Gasteiger partial charge >= 0.3 is 0 Å². The number of H-pyrrole nitrogens is 1. The smallest absolute Gasteiger partial charge is 0.272 e. The summed E-state index contributed by atoms with van der Waals surface area (Å²) < 4.78 is 10.8. The van der Waals surface area contributed by atoms with Gasteiger partial charge < -0.3 is 14.4 Å². The van der Waals surface area contributed by atoms with Gasteiger partial charge in [0, 0.05) is 18.2 Å². The van der Waals surface area contributed by atoms with Crippen LogP contribution in [-0.2, 0) is 0 Å². The van der Waals surface area contributed by atoms with Crippen molar-refractivity contribution in [1.29, 1.82) is 0 Å². The van der Waals surface area contributed by atoms with Crippen molar-refractivity contribution in [3.8, 4) is 22.8 Å². The van der Waals surface area contributed by atoms with Crippen LogP contribution in [0, 0.1) is 0 Å². The van der Waals surface area contributed by atoms with Gasteiger partial charge in [-0.05, 0) is 17.7 Å². The Labute approximate surface area is 151 Å². The molecule has 1 aliphatic rings. The molecule has 0 spiro atoms. The monoisotopic (exact) mass is 349 g/mol. The average molecular weight is 349 g/mol. The third kappa shape index (κ3) is 2.34. The van der Waals surface area contributed by atoms with Gasteiger partial charge in [-0.2, -0.15) is 5.10 Å². The quantitative estimate of drug-likeness (QED) is 0.785. The molecule has 1 aliphatic heterocycles. The van der Waals surface area contributed by atoms with Crippen molar-refractivity contribution in [3.05, 3.63) is 65.4 Å². The Hall–Kier alpha value is -3.28. The van der Waals surface area contributed by atoms with E-state index in [1.54, 1.807) is 26.2 Å². The van der Waals surface area contributed by atoms with E-state index in [9.17, 15) is 4.79 Å². The van der Waals surface area contributed by atoms with Crippen LogP contribution in [0.25, 0.3) is 11.3 Å². The lowest BCUT2D eigenvalue weighted by Crippen LogP contribution is -2.24. The van der Waals surface area contributed by atoms with E-state index in [-0.39, 0.29) is 11.9 Å². The molecule has 2 heterocycles. The zero-order valence-corrected chi connectivity index (χ0v) is 14.8. The Balaban J connectivity index is 1.88. The van der Waals surface area contributed by atoms with Crippen molar-refractivity contribution in [2.45, 2.75) is 6.04 Å².